The Kier molecular flexibility index (Phi) is 3.61. The molecule has 0 radical (unpaired) electrons. The molecule has 19 heavy (non-hydrogen) atoms. The summed E-state index contributed by atoms with van der Waals surface area (Å²) in [6, 6.07) is 0. The number of hydrogen-bond donors (Lipinski definition) is 1. The summed E-state index contributed by atoms with van der Waals surface area (Å²) in [6.45, 7) is 6.07. The fourth-order valence-corrected chi connectivity index (χ4v) is 2.28. The summed E-state index contributed by atoms with van der Waals surface area (Å²) in [5.41, 5.74) is 0.629. The molecule has 0 spiro atoms. The van der Waals surface area contributed by atoms with E-state index < -0.39 is 5.97 Å². The van der Waals surface area contributed by atoms with Crippen molar-refractivity contribution < 1.29 is 14.3 Å². The molecule has 2 aromatic rings. The molecule has 8 heteroatoms. The molecule has 0 aliphatic carbocycles. The van der Waals surface area contributed by atoms with E-state index in [0.717, 1.165) is 10.6 Å². The molecule has 102 valence electrons. The average Bonchev–Trinajstić information content (AvgIpc) is 2.93. The number of carboxylic acid groups (broad SMARTS) is 1. The minimum Gasteiger partial charge on any atom is -0.481 e. The van der Waals surface area contributed by atoms with E-state index >= 15 is 0 Å². The van der Waals surface area contributed by atoms with E-state index in [1.807, 2.05) is 20.8 Å². The van der Waals surface area contributed by atoms with Crippen LogP contribution in [0.5, 0.6) is 0 Å². The quantitative estimate of drug-likeness (QED) is 0.913. The van der Waals surface area contributed by atoms with Crippen molar-refractivity contribution in [2.45, 2.75) is 39.0 Å². The van der Waals surface area contributed by atoms with Crippen molar-refractivity contribution in [1.82, 2.24) is 19.8 Å². The average molecular weight is 282 g/mol. The SMILES string of the molecule is CC(C)(C)c1nnsc1-c1nnc(CCC(=O)O)o1. The van der Waals surface area contributed by atoms with E-state index in [4.69, 9.17) is 9.52 Å². The first-order chi connectivity index (χ1) is 8.88. The number of aryl methyl sites for hydroxylation is 1. The Bertz CT molecular complexity index is 585. The van der Waals surface area contributed by atoms with Gasteiger partial charge in [0.25, 0.3) is 5.89 Å². The van der Waals surface area contributed by atoms with Gasteiger partial charge in [0.2, 0.25) is 5.89 Å². The van der Waals surface area contributed by atoms with Crippen LogP contribution in [-0.4, -0.2) is 30.9 Å². The molecule has 0 amide bonds. The summed E-state index contributed by atoms with van der Waals surface area (Å²) in [5, 5.41) is 20.5. The van der Waals surface area contributed by atoms with E-state index in [-0.39, 0.29) is 18.3 Å². The molecule has 0 aromatic carbocycles. The van der Waals surface area contributed by atoms with Crippen LogP contribution in [-0.2, 0) is 16.6 Å². The molecule has 0 aliphatic heterocycles. The predicted molar refractivity (Wildman–Crippen MR) is 67.9 cm³/mol. The number of hydrogen-bond acceptors (Lipinski definition) is 7. The van der Waals surface area contributed by atoms with Gasteiger partial charge in [-0.15, -0.1) is 15.3 Å². The summed E-state index contributed by atoms with van der Waals surface area (Å²) in [4.78, 5) is 11.2. The molecular formula is C11H14N4O3S. The maximum Gasteiger partial charge on any atom is 0.303 e. The number of nitrogens with zero attached hydrogens (tertiary/aromatic N) is 4. The molecule has 0 fully saturated rings. The first kappa shape index (κ1) is 13.6. The van der Waals surface area contributed by atoms with Crippen molar-refractivity contribution >= 4 is 17.5 Å². The fourth-order valence-electron chi connectivity index (χ4n) is 1.48. The second-order valence-electron chi connectivity index (χ2n) is 5.10. The molecule has 0 bridgehead atoms. The highest BCUT2D eigenvalue weighted by atomic mass is 32.1. The monoisotopic (exact) mass is 282 g/mol. The Morgan fingerprint density at radius 2 is 2.05 bits per heavy atom. The Morgan fingerprint density at radius 1 is 1.32 bits per heavy atom. The van der Waals surface area contributed by atoms with Gasteiger partial charge >= 0.3 is 5.97 Å². The second-order valence-corrected chi connectivity index (χ2v) is 5.85. The van der Waals surface area contributed by atoms with E-state index in [2.05, 4.69) is 19.8 Å². The van der Waals surface area contributed by atoms with Crippen LogP contribution in [0.25, 0.3) is 10.8 Å². The first-order valence-corrected chi connectivity index (χ1v) is 6.52. The van der Waals surface area contributed by atoms with E-state index in [1.165, 1.54) is 11.5 Å². The first-order valence-electron chi connectivity index (χ1n) is 5.75. The smallest absolute Gasteiger partial charge is 0.303 e. The molecule has 0 unspecified atom stereocenters. The topological polar surface area (TPSA) is 102 Å². The molecule has 2 rings (SSSR count). The molecule has 2 heterocycles. The third kappa shape index (κ3) is 3.14. The Hall–Kier alpha value is -1.83. The maximum atomic E-state index is 10.5. The lowest BCUT2D eigenvalue weighted by molar-refractivity contribution is -0.137. The predicted octanol–water partition coefficient (Wildman–Crippen LogP) is 1.90. The van der Waals surface area contributed by atoms with Crippen LogP contribution in [0, 0.1) is 0 Å². The third-order valence-corrected chi connectivity index (χ3v) is 3.13. The van der Waals surface area contributed by atoms with Crippen LogP contribution in [0.4, 0.5) is 0 Å². The van der Waals surface area contributed by atoms with Gasteiger partial charge in [0, 0.05) is 11.8 Å². The van der Waals surface area contributed by atoms with Gasteiger partial charge < -0.3 is 9.52 Å². The highest BCUT2D eigenvalue weighted by Gasteiger charge is 2.26. The van der Waals surface area contributed by atoms with E-state index in [1.54, 1.807) is 0 Å². The molecule has 0 saturated heterocycles. The lowest BCUT2D eigenvalue weighted by atomic mass is 9.91. The normalized spacial score (nSPS) is 11.7. The van der Waals surface area contributed by atoms with Gasteiger partial charge in [-0.05, 0) is 11.5 Å². The molecule has 0 atom stereocenters. The summed E-state index contributed by atoms with van der Waals surface area (Å²) >= 11 is 1.19. The second kappa shape index (κ2) is 5.04. The highest BCUT2D eigenvalue weighted by molar-refractivity contribution is 7.09. The minimum absolute atomic E-state index is 0.0330. The zero-order valence-corrected chi connectivity index (χ0v) is 11.7. The van der Waals surface area contributed by atoms with Gasteiger partial charge in [-0.3, -0.25) is 4.79 Å². The van der Waals surface area contributed by atoms with Gasteiger partial charge in [-0.25, -0.2) is 0 Å². The van der Waals surface area contributed by atoms with Crippen molar-refractivity contribution in [3.63, 3.8) is 0 Å². The van der Waals surface area contributed by atoms with Gasteiger partial charge in [0.1, 0.15) is 4.88 Å². The van der Waals surface area contributed by atoms with Crippen molar-refractivity contribution in [3.05, 3.63) is 11.6 Å². The summed E-state index contributed by atoms with van der Waals surface area (Å²) < 4.78 is 9.38. The molecule has 0 aliphatic rings. The van der Waals surface area contributed by atoms with Crippen LogP contribution in [0.1, 0.15) is 38.8 Å². The summed E-state index contributed by atoms with van der Waals surface area (Å²) in [6.07, 6.45) is 0.189. The zero-order valence-electron chi connectivity index (χ0n) is 10.9. The lowest BCUT2D eigenvalue weighted by Crippen LogP contribution is -2.13. The molecule has 2 aromatic heterocycles. The largest absolute Gasteiger partial charge is 0.481 e. The minimum atomic E-state index is -0.894. The van der Waals surface area contributed by atoms with Crippen molar-refractivity contribution in [2.24, 2.45) is 0 Å². The lowest BCUT2D eigenvalue weighted by Gasteiger charge is -2.14. The molecule has 7 nitrogen and oxygen atoms in total. The zero-order chi connectivity index (χ0) is 14.0. The highest BCUT2D eigenvalue weighted by Crippen LogP contribution is 2.33. The standard InChI is InChI=1S/C11H14N4O3S/c1-11(2,3)9-8(19-15-13-9)10-14-12-6(18-10)4-5-7(16)17/h4-5H2,1-3H3,(H,16,17). The number of aromatic nitrogens is 4. The maximum absolute atomic E-state index is 10.5. The number of carbonyl (C=O) groups is 1. The van der Waals surface area contributed by atoms with Crippen LogP contribution >= 0.6 is 11.5 Å². The van der Waals surface area contributed by atoms with Crippen LogP contribution < -0.4 is 0 Å². The Morgan fingerprint density at radius 3 is 2.68 bits per heavy atom. The molecule has 1 N–H and O–H groups in total. The fraction of sp³-hybridized carbons (Fsp3) is 0.545. The Labute approximate surface area is 113 Å². The third-order valence-electron chi connectivity index (χ3n) is 2.41. The van der Waals surface area contributed by atoms with Crippen molar-refractivity contribution in [2.75, 3.05) is 0 Å². The molecule has 0 saturated carbocycles. The van der Waals surface area contributed by atoms with Crippen molar-refractivity contribution in [1.29, 1.82) is 0 Å². The summed E-state index contributed by atoms with van der Waals surface area (Å²) in [7, 11) is 0. The van der Waals surface area contributed by atoms with Gasteiger partial charge in [-0.2, -0.15) is 0 Å². The van der Waals surface area contributed by atoms with E-state index in [9.17, 15) is 4.79 Å². The Balaban J connectivity index is 2.24. The van der Waals surface area contributed by atoms with E-state index in [0.29, 0.717) is 11.8 Å². The van der Waals surface area contributed by atoms with Crippen LogP contribution in [0.15, 0.2) is 4.42 Å². The number of aliphatic carboxylic acids is 1. The number of carboxylic acids is 1. The van der Waals surface area contributed by atoms with Crippen LogP contribution in [0.3, 0.4) is 0 Å². The van der Waals surface area contributed by atoms with Gasteiger partial charge in [0.15, 0.2) is 0 Å². The van der Waals surface area contributed by atoms with Gasteiger partial charge in [-0.1, -0.05) is 25.3 Å². The van der Waals surface area contributed by atoms with Gasteiger partial charge in [0.05, 0.1) is 12.1 Å². The van der Waals surface area contributed by atoms with Crippen molar-refractivity contribution in [3.8, 4) is 10.8 Å². The summed E-state index contributed by atoms with van der Waals surface area (Å²) in [5.74, 6) is -0.236. The number of rotatable bonds is 4. The van der Waals surface area contributed by atoms with Crippen LogP contribution in [0.2, 0.25) is 0 Å². The molecular weight excluding hydrogens is 268 g/mol.